The van der Waals surface area contributed by atoms with Gasteiger partial charge in [0, 0.05) is 29.2 Å². The number of nitrogens with one attached hydrogen (secondary N) is 2. The Morgan fingerprint density at radius 1 is 1.29 bits per heavy atom. The fourth-order valence-corrected chi connectivity index (χ4v) is 2.22. The molecule has 2 aromatic rings. The molecular weight excluding hydrogens is 339 g/mol. The normalized spacial score (nSPS) is 10.2. The van der Waals surface area contributed by atoms with Gasteiger partial charge in [-0.25, -0.2) is 4.39 Å². The standard InChI is InChI=1S/C15H14BrFN2O2/c1-9(20)19-14-7-12(3-4-13(14)17)18-8-10-6-11(16)2-5-15(10)21/h2-7,18,21H,8H2,1H3,(H,19,20). The summed E-state index contributed by atoms with van der Waals surface area (Å²) in [5, 5.41) is 15.2. The van der Waals surface area contributed by atoms with E-state index in [9.17, 15) is 14.3 Å². The smallest absolute Gasteiger partial charge is 0.221 e. The minimum absolute atomic E-state index is 0.117. The maximum Gasteiger partial charge on any atom is 0.221 e. The molecule has 0 heterocycles. The van der Waals surface area contributed by atoms with Crippen molar-refractivity contribution in [2.45, 2.75) is 13.5 Å². The van der Waals surface area contributed by atoms with E-state index in [1.165, 1.54) is 19.1 Å². The van der Waals surface area contributed by atoms with E-state index in [1.54, 1.807) is 24.3 Å². The molecule has 110 valence electrons. The summed E-state index contributed by atoms with van der Waals surface area (Å²) in [6, 6.07) is 9.47. The molecule has 0 fully saturated rings. The topological polar surface area (TPSA) is 61.4 Å². The van der Waals surface area contributed by atoms with E-state index >= 15 is 0 Å². The third-order valence-electron chi connectivity index (χ3n) is 2.80. The van der Waals surface area contributed by atoms with Crippen molar-refractivity contribution in [3.8, 4) is 5.75 Å². The first-order valence-corrected chi connectivity index (χ1v) is 7.03. The summed E-state index contributed by atoms with van der Waals surface area (Å²) in [6.07, 6.45) is 0. The number of hydrogen-bond donors (Lipinski definition) is 3. The fourth-order valence-electron chi connectivity index (χ4n) is 1.81. The highest BCUT2D eigenvalue weighted by Crippen LogP contribution is 2.24. The Morgan fingerprint density at radius 2 is 2.05 bits per heavy atom. The van der Waals surface area contributed by atoms with Gasteiger partial charge in [-0.3, -0.25) is 4.79 Å². The molecule has 6 heteroatoms. The Hall–Kier alpha value is -2.08. The van der Waals surface area contributed by atoms with Gasteiger partial charge in [-0.15, -0.1) is 0 Å². The lowest BCUT2D eigenvalue weighted by atomic mass is 10.2. The predicted molar refractivity (Wildman–Crippen MR) is 83.8 cm³/mol. The number of carbonyl (C=O) groups excluding carboxylic acids is 1. The van der Waals surface area contributed by atoms with Gasteiger partial charge < -0.3 is 15.7 Å². The molecule has 0 saturated carbocycles. The van der Waals surface area contributed by atoms with Gasteiger partial charge in [-0.1, -0.05) is 15.9 Å². The lowest BCUT2D eigenvalue weighted by molar-refractivity contribution is -0.114. The van der Waals surface area contributed by atoms with Crippen LogP contribution in [0, 0.1) is 5.82 Å². The van der Waals surface area contributed by atoms with Crippen LogP contribution >= 0.6 is 15.9 Å². The zero-order chi connectivity index (χ0) is 15.4. The molecule has 0 radical (unpaired) electrons. The van der Waals surface area contributed by atoms with E-state index in [2.05, 4.69) is 26.6 Å². The number of phenols is 1. The molecule has 3 N–H and O–H groups in total. The van der Waals surface area contributed by atoms with Crippen molar-refractivity contribution < 1.29 is 14.3 Å². The largest absolute Gasteiger partial charge is 0.508 e. The van der Waals surface area contributed by atoms with E-state index in [1.807, 2.05) is 0 Å². The lowest BCUT2D eigenvalue weighted by Crippen LogP contribution is -2.08. The molecule has 0 aromatic heterocycles. The molecule has 1 amide bonds. The first kappa shape index (κ1) is 15.3. The van der Waals surface area contributed by atoms with Gasteiger partial charge in [0.25, 0.3) is 0 Å². The summed E-state index contributed by atoms with van der Waals surface area (Å²) >= 11 is 3.33. The molecule has 0 aliphatic carbocycles. The first-order valence-electron chi connectivity index (χ1n) is 6.24. The van der Waals surface area contributed by atoms with Crippen molar-refractivity contribution in [3.63, 3.8) is 0 Å². The third-order valence-corrected chi connectivity index (χ3v) is 3.29. The maximum absolute atomic E-state index is 13.5. The van der Waals surface area contributed by atoms with Gasteiger partial charge in [-0.05, 0) is 36.4 Å². The van der Waals surface area contributed by atoms with Crippen molar-refractivity contribution in [1.29, 1.82) is 0 Å². The van der Waals surface area contributed by atoms with Crippen molar-refractivity contribution >= 4 is 33.2 Å². The number of rotatable bonds is 4. The molecule has 0 atom stereocenters. The van der Waals surface area contributed by atoms with Crippen LogP contribution in [-0.2, 0) is 11.3 Å². The summed E-state index contributed by atoms with van der Waals surface area (Å²) in [6.45, 7) is 1.69. The zero-order valence-electron chi connectivity index (χ0n) is 11.3. The first-order chi connectivity index (χ1) is 9.95. The number of amides is 1. The molecule has 0 bridgehead atoms. The van der Waals surface area contributed by atoms with Crippen LogP contribution in [0.25, 0.3) is 0 Å². The number of halogens is 2. The Kier molecular flexibility index (Phi) is 4.80. The Bertz CT molecular complexity index is 677. The fraction of sp³-hybridized carbons (Fsp3) is 0.133. The molecule has 0 unspecified atom stereocenters. The summed E-state index contributed by atoms with van der Waals surface area (Å²) in [5.41, 5.74) is 1.46. The van der Waals surface area contributed by atoms with Crippen LogP contribution in [0.5, 0.6) is 5.75 Å². The van der Waals surface area contributed by atoms with Crippen LogP contribution in [0.1, 0.15) is 12.5 Å². The molecule has 21 heavy (non-hydrogen) atoms. The quantitative estimate of drug-likeness (QED) is 0.782. The summed E-state index contributed by atoms with van der Waals surface area (Å²) in [5.74, 6) is -0.661. The van der Waals surface area contributed by atoms with E-state index in [4.69, 9.17) is 0 Å². The summed E-state index contributed by atoms with van der Waals surface area (Å²) in [7, 11) is 0. The number of hydrogen-bond acceptors (Lipinski definition) is 3. The van der Waals surface area contributed by atoms with Gasteiger partial charge in [0.15, 0.2) is 0 Å². The molecule has 4 nitrogen and oxygen atoms in total. The van der Waals surface area contributed by atoms with E-state index in [-0.39, 0.29) is 17.3 Å². The second-order valence-corrected chi connectivity index (χ2v) is 5.42. The highest BCUT2D eigenvalue weighted by Gasteiger charge is 2.06. The minimum Gasteiger partial charge on any atom is -0.508 e. The summed E-state index contributed by atoms with van der Waals surface area (Å²) < 4.78 is 14.4. The van der Waals surface area contributed by atoms with Gasteiger partial charge in [-0.2, -0.15) is 0 Å². The van der Waals surface area contributed by atoms with Gasteiger partial charge >= 0.3 is 0 Å². The number of aromatic hydroxyl groups is 1. The number of phenolic OH excluding ortho intramolecular Hbond substituents is 1. The molecule has 0 spiro atoms. The van der Waals surface area contributed by atoms with Gasteiger partial charge in [0.1, 0.15) is 11.6 Å². The molecule has 2 aromatic carbocycles. The second-order valence-electron chi connectivity index (χ2n) is 4.50. The lowest BCUT2D eigenvalue weighted by Gasteiger charge is -2.11. The van der Waals surface area contributed by atoms with Gasteiger partial charge in [0.2, 0.25) is 5.91 Å². The zero-order valence-corrected chi connectivity index (χ0v) is 12.9. The van der Waals surface area contributed by atoms with Crippen LogP contribution < -0.4 is 10.6 Å². The minimum atomic E-state index is -0.499. The van der Waals surface area contributed by atoms with E-state index < -0.39 is 5.82 Å². The van der Waals surface area contributed by atoms with Crippen LogP contribution in [0.2, 0.25) is 0 Å². The van der Waals surface area contributed by atoms with Crippen LogP contribution in [-0.4, -0.2) is 11.0 Å². The Balaban J connectivity index is 2.13. The Morgan fingerprint density at radius 3 is 2.76 bits per heavy atom. The number of carbonyl (C=O) groups is 1. The number of benzene rings is 2. The number of anilines is 2. The molecular formula is C15H14BrFN2O2. The SMILES string of the molecule is CC(=O)Nc1cc(NCc2cc(Br)ccc2O)ccc1F. The van der Waals surface area contributed by atoms with Crippen LogP contribution in [0.3, 0.4) is 0 Å². The average Bonchev–Trinajstić information content (AvgIpc) is 2.42. The highest BCUT2D eigenvalue weighted by molar-refractivity contribution is 9.10. The summed E-state index contributed by atoms with van der Waals surface area (Å²) in [4.78, 5) is 11.0. The van der Waals surface area contributed by atoms with Crippen molar-refractivity contribution in [3.05, 3.63) is 52.3 Å². The van der Waals surface area contributed by atoms with Crippen molar-refractivity contribution in [2.24, 2.45) is 0 Å². The third kappa shape index (κ3) is 4.19. The molecule has 2 rings (SSSR count). The molecule has 0 saturated heterocycles. The monoisotopic (exact) mass is 352 g/mol. The van der Waals surface area contributed by atoms with Crippen molar-refractivity contribution in [1.82, 2.24) is 0 Å². The Labute approximate surface area is 130 Å². The molecule has 0 aliphatic heterocycles. The van der Waals surface area contributed by atoms with E-state index in [0.29, 0.717) is 17.8 Å². The second kappa shape index (κ2) is 6.58. The average molecular weight is 353 g/mol. The molecule has 0 aliphatic rings. The van der Waals surface area contributed by atoms with E-state index in [0.717, 1.165) is 4.47 Å². The predicted octanol–water partition coefficient (Wildman–Crippen LogP) is 3.86. The van der Waals surface area contributed by atoms with Crippen LogP contribution in [0.4, 0.5) is 15.8 Å². The van der Waals surface area contributed by atoms with Crippen LogP contribution in [0.15, 0.2) is 40.9 Å². The van der Waals surface area contributed by atoms with Crippen molar-refractivity contribution in [2.75, 3.05) is 10.6 Å². The van der Waals surface area contributed by atoms with Gasteiger partial charge in [0.05, 0.1) is 5.69 Å². The highest BCUT2D eigenvalue weighted by atomic mass is 79.9. The maximum atomic E-state index is 13.5.